The smallest absolute Gasteiger partial charge is 0.387 e. The molecule has 0 aromatic carbocycles. The van der Waals surface area contributed by atoms with Gasteiger partial charge in [0.2, 0.25) is 0 Å². The molecule has 1 aromatic rings. The van der Waals surface area contributed by atoms with Crippen LogP contribution < -0.4 is 5.32 Å². The third-order valence-corrected chi connectivity index (χ3v) is 3.95. The minimum absolute atomic E-state index is 0.353. The third-order valence-electron chi connectivity index (χ3n) is 3.95. The predicted octanol–water partition coefficient (Wildman–Crippen LogP) is 3.87. The zero-order chi connectivity index (χ0) is 17.0. The summed E-state index contributed by atoms with van der Waals surface area (Å²) in [6.45, 7) is 5.43. The first-order valence-corrected chi connectivity index (χ1v) is 7.58. The SMILES string of the molecule is C=C(/C=N\C(=C/C)n1nc(C(F)(F)F)cc1CC1CCC1)NC. The number of aromatic nitrogens is 2. The first kappa shape index (κ1) is 17.3. The number of allylic oxidation sites excluding steroid dienone is 2. The van der Waals surface area contributed by atoms with E-state index in [1.807, 2.05) is 0 Å². The maximum Gasteiger partial charge on any atom is 0.435 e. The zero-order valence-electron chi connectivity index (χ0n) is 13.3. The summed E-state index contributed by atoms with van der Waals surface area (Å²) in [5, 5.41) is 6.54. The van der Waals surface area contributed by atoms with E-state index in [1.54, 1.807) is 20.0 Å². The lowest BCUT2D eigenvalue weighted by Gasteiger charge is -2.25. The highest BCUT2D eigenvalue weighted by molar-refractivity contribution is 5.80. The van der Waals surface area contributed by atoms with Crippen LogP contribution in [0.1, 0.15) is 37.6 Å². The van der Waals surface area contributed by atoms with Crippen molar-refractivity contribution >= 4 is 12.0 Å². The number of alkyl halides is 3. The van der Waals surface area contributed by atoms with Gasteiger partial charge in [0, 0.05) is 18.4 Å². The number of aliphatic imine (C=N–C) groups is 1. The number of nitrogens with zero attached hydrogens (tertiary/aromatic N) is 3. The second kappa shape index (κ2) is 7.02. The number of rotatable bonds is 6. The van der Waals surface area contributed by atoms with Gasteiger partial charge in [0.1, 0.15) is 5.82 Å². The van der Waals surface area contributed by atoms with Crippen molar-refractivity contribution in [2.75, 3.05) is 7.05 Å². The molecular formula is C16H21F3N4. The molecule has 0 amide bonds. The van der Waals surface area contributed by atoms with E-state index in [0.29, 0.717) is 29.6 Å². The maximum absolute atomic E-state index is 13.0. The Balaban J connectivity index is 2.34. The van der Waals surface area contributed by atoms with E-state index in [0.717, 1.165) is 25.3 Å². The van der Waals surface area contributed by atoms with Crippen molar-refractivity contribution in [1.29, 1.82) is 0 Å². The Bertz CT molecular complexity index is 622. The second-order valence-corrected chi connectivity index (χ2v) is 5.61. The van der Waals surface area contributed by atoms with Crippen LogP contribution in [0.15, 0.2) is 29.4 Å². The minimum atomic E-state index is -4.46. The Morgan fingerprint density at radius 2 is 2.22 bits per heavy atom. The topological polar surface area (TPSA) is 42.2 Å². The highest BCUT2D eigenvalue weighted by Crippen LogP contribution is 2.34. The van der Waals surface area contributed by atoms with Crippen molar-refractivity contribution in [2.24, 2.45) is 10.9 Å². The van der Waals surface area contributed by atoms with Gasteiger partial charge in [-0.3, -0.25) is 0 Å². The molecular weight excluding hydrogens is 305 g/mol. The molecule has 1 aromatic heterocycles. The third kappa shape index (κ3) is 4.24. The van der Waals surface area contributed by atoms with E-state index in [4.69, 9.17) is 0 Å². The van der Waals surface area contributed by atoms with Crippen molar-refractivity contribution in [3.8, 4) is 0 Å². The Hall–Kier alpha value is -2.05. The van der Waals surface area contributed by atoms with E-state index in [1.165, 1.54) is 10.9 Å². The zero-order valence-corrected chi connectivity index (χ0v) is 13.3. The fourth-order valence-corrected chi connectivity index (χ4v) is 2.35. The first-order chi connectivity index (χ1) is 10.8. The normalized spacial score (nSPS) is 16.7. The monoisotopic (exact) mass is 326 g/mol. The van der Waals surface area contributed by atoms with E-state index < -0.39 is 11.9 Å². The molecule has 1 aliphatic rings. The quantitative estimate of drug-likeness (QED) is 0.807. The minimum Gasteiger partial charge on any atom is -0.387 e. The number of nitrogens with one attached hydrogen (secondary N) is 1. The molecule has 1 saturated carbocycles. The van der Waals surface area contributed by atoms with Gasteiger partial charge in [0.05, 0.1) is 6.21 Å². The van der Waals surface area contributed by atoms with Crippen molar-refractivity contribution in [3.05, 3.63) is 35.8 Å². The van der Waals surface area contributed by atoms with Gasteiger partial charge in [-0.1, -0.05) is 25.8 Å². The van der Waals surface area contributed by atoms with Crippen LogP contribution in [0.5, 0.6) is 0 Å². The van der Waals surface area contributed by atoms with Gasteiger partial charge in [0.15, 0.2) is 5.69 Å². The molecule has 0 atom stereocenters. The summed E-state index contributed by atoms with van der Waals surface area (Å²) in [5.41, 5.74) is 0.226. The molecule has 0 spiro atoms. The summed E-state index contributed by atoms with van der Waals surface area (Å²) < 4.78 is 40.3. The molecule has 1 aliphatic carbocycles. The van der Waals surface area contributed by atoms with E-state index in [-0.39, 0.29) is 0 Å². The highest BCUT2D eigenvalue weighted by Gasteiger charge is 2.35. The largest absolute Gasteiger partial charge is 0.435 e. The fourth-order valence-electron chi connectivity index (χ4n) is 2.35. The molecule has 1 fully saturated rings. The van der Waals surface area contributed by atoms with Crippen LogP contribution in [0.3, 0.4) is 0 Å². The summed E-state index contributed by atoms with van der Waals surface area (Å²) >= 11 is 0. The van der Waals surface area contributed by atoms with Gasteiger partial charge in [0.25, 0.3) is 0 Å². The lowest BCUT2D eigenvalue weighted by Crippen LogP contribution is -2.16. The van der Waals surface area contributed by atoms with Gasteiger partial charge < -0.3 is 5.32 Å². The van der Waals surface area contributed by atoms with Gasteiger partial charge >= 0.3 is 6.18 Å². The average molecular weight is 326 g/mol. The van der Waals surface area contributed by atoms with Crippen LogP contribution in [0.2, 0.25) is 0 Å². The molecule has 0 aliphatic heterocycles. The van der Waals surface area contributed by atoms with Crippen molar-refractivity contribution in [3.63, 3.8) is 0 Å². The summed E-state index contributed by atoms with van der Waals surface area (Å²) in [6.07, 6.45) is 2.48. The Kier molecular flexibility index (Phi) is 5.28. The van der Waals surface area contributed by atoms with Gasteiger partial charge in [-0.2, -0.15) is 18.3 Å². The Morgan fingerprint density at radius 3 is 2.70 bits per heavy atom. The summed E-state index contributed by atoms with van der Waals surface area (Å²) in [7, 11) is 1.70. The molecule has 0 unspecified atom stereocenters. The molecule has 0 saturated heterocycles. The lowest BCUT2D eigenvalue weighted by molar-refractivity contribution is -0.141. The summed E-state index contributed by atoms with van der Waals surface area (Å²) in [4.78, 5) is 4.20. The summed E-state index contributed by atoms with van der Waals surface area (Å²) in [6, 6.07) is 1.13. The van der Waals surface area contributed by atoms with Crippen LogP contribution in [0.4, 0.5) is 13.2 Å². The lowest BCUT2D eigenvalue weighted by atomic mass is 9.82. The summed E-state index contributed by atoms with van der Waals surface area (Å²) in [5.74, 6) is 0.784. The Labute approximate surface area is 133 Å². The molecule has 126 valence electrons. The van der Waals surface area contributed by atoms with E-state index >= 15 is 0 Å². The van der Waals surface area contributed by atoms with E-state index in [9.17, 15) is 13.2 Å². The molecule has 23 heavy (non-hydrogen) atoms. The molecule has 2 rings (SSSR count). The molecule has 7 heteroatoms. The van der Waals surface area contributed by atoms with Crippen molar-refractivity contribution in [1.82, 2.24) is 15.1 Å². The molecule has 0 radical (unpaired) electrons. The van der Waals surface area contributed by atoms with Crippen molar-refractivity contribution < 1.29 is 13.2 Å². The van der Waals surface area contributed by atoms with Crippen LogP contribution in [0, 0.1) is 5.92 Å². The van der Waals surface area contributed by atoms with Gasteiger partial charge in [-0.25, -0.2) is 9.67 Å². The van der Waals surface area contributed by atoms with Gasteiger partial charge in [-0.15, -0.1) is 0 Å². The van der Waals surface area contributed by atoms with Crippen LogP contribution in [-0.2, 0) is 12.6 Å². The van der Waals surface area contributed by atoms with Crippen molar-refractivity contribution in [2.45, 2.75) is 38.8 Å². The highest BCUT2D eigenvalue weighted by atomic mass is 19.4. The second-order valence-electron chi connectivity index (χ2n) is 5.61. The first-order valence-electron chi connectivity index (χ1n) is 7.58. The predicted molar refractivity (Wildman–Crippen MR) is 84.9 cm³/mol. The molecule has 0 bridgehead atoms. The van der Waals surface area contributed by atoms with E-state index in [2.05, 4.69) is 22.0 Å². The standard InChI is InChI=1S/C16H21F3N4/c1-4-15(21-10-11(2)20-3)23-13(8-12-6-5-7-12)9-14(22-23)16(17,18)19/h4,9-10,12,20H,2,5-8H2,1,3H3/b15-4+,21-10-. The fraction of sp³-hybridized carbons (Fsp3) is 0.500. The van der Waals surface area contributed by atoms with Crippen LogP contribution >= 0.6 is 0 Å². The number of hydrogen-bond donors (Lipinski definition) is 1. The number of hydrogen-bond acceptors (Lipinski definition) is 3. The molecule has 1 N–H and O–H groups in total. The van der Waals surface area contributed by atoms with Crippen LogP contribution in [-0.4, -0.2) is 23.0 Å². The van der Waals surface area contributed by atoms with Gasteiger partial charge in [-0.05, 0) is 31.4 Å². The molecule has 4 nitrogen and oxygen atoms in total. The Morgan fingerprint density at radius 1 is 1.52 bits per heavy atom. The average Bonchev–Trinajstić information content (AvgIpc) is 2.87. The number of halogens is 3. The maximum atomic E-state index is 13.0. The van der Waals surface area contributed by atoms with Crippen LogP contribution in [0.25, 0.3) is 5.82 Å². The molecule has 1 heterocycles.